The normalized spacial score (nSPS) is 12.5. The van der Waals surface area contributed by atoms with Gasteiger partial charge in [0.15, 0.2) is 0 Å². The fourth-order valence-electron chi connectivity index (χ4n) is 1.27. The first kappa shape index (κ1) is 12.3. The van der Waals surface area contributed by atoms with E-state index in [9.17, 15) is 4.79 Å². The molecular formula is C11H16BrNO2. The van der Waals surface area contributed by atoms with Crippen molar-refractivity contribution in [3.8, 4) is 0 Å². The van der Waals surface area contributed by atoms with Crippen molar-refractivity contribution in [1.82, 2.24) is 5.32 Å². The molecule has 1 heterocycles. The highest BCUT2D eigenvalue weighted by molar-refractivity contribution is 9.09. The van der Waals surface area contributed by atoms with E-state index < -0.39 is 0 Å². The van der Waals surface area contributed by atoms with Crippen molar-refractivity contribution < 1.29 is 9.21 Å². The summed E-state index contributed by atoms with van der Waals surface area (Å²) < 4.78 is 5.07. The Morgan fingerprint density at radius 2 is 2.40 bits per heavy atom. The number of hydrogen-bond donors (Lipinski definition) is 1. The Hall–Kier alpha value is -0.770. The largest absolute Gasteiger partial charge is 0.469 e. The number of alkyl halides is 1. The molecule has 0 bridgehead atoms. The van der Waals surface area contributed by atoms with Gasteiger partial charge in [0, 0.05) is 11.9 Å². The van der Waals surface area contributed by atoms with Crippen LogP contribution in [0.5, 0.6) is 0 Å². The summed E-state index contributed by atoms with van der Waals surface area (Å²) in [5.74, 6) is 1.10. The number of furan rings is 1. The maximum Gasteiger partial charge on any atom is 0.254 e. The van der Waals surface area contributed by atoms with E-state index in [1.165, 1.54) is 6.26 Å². The molecular weight excluding hydrogens is 258 g/mol. The number of rotatable bonds is 5. The van der Waals surface area contributed by atoms with Crippen molar-refractivity contribution in [3.63, 3.8) is 0 Å². The average molecular weight is 274 g/mol. The molecule has 0 radical (unpaired) electrons. The van der Waals surface area contributed by atoms with Gasteiger partial charge in [-0.3, -0.25) is 4.79 Å². The van der Waals surface area contributed by atoms with E-state index in [1.807, 2.05) is 0 Å². The summed E-state index contributed by atoms with van der Waals surface area (Å²) in [6.45, 7) is 4.61. The zero-order valence-corrected chi connectivity index (χ0v) is 10.6. The van der Waals surface area contributed by atoms with E-state index in [4.69, 9.17) is 4.42 Å². The second kappa shape index (κ2) is 5.95. The van der Waals surface area contributed by atoms with Crippen LogP contribution in [0.25, 0.3) is 0 Å². The number of amides is 1. The lowest BCUT2D eigenvalue weighted by Gasteiger charge is -2.10. The van der Waals surface area contributed by atoms with Gasteiger partial charge in [0.2, 0.25) is 0 Å². The summed E-state index contributed by atoms with van der Waals surface area (Å²) in [6, 6.07) is 1.69. The summed E-state index contributed by atoms with van der Waals surface area (Å²) in [5, 5.41) is 3.86. The number of hydrogen-bond acceptors (Lipinski definition) is 2. The summed E-state index contributed by atoms with van der Waals surface area (Å²) in [4.78, 5) is 11.7. The monoisotopic (exact) mass is 273 g/mol. The molecule has 1 rings (SSSR count). The second-order valence-electron chi connectivity index (χ2n) is 3.68. The van der Waals surface area contributed by atoms with Gasteiger partial charge in [-0.1, -0.05) is 22.9 Å². The summed E-state index contributed by atoms with van der Waals surface area (Å²) in [7, 11) is 0. The molecule has 0 aliphatic heterocycles. The first-order chi connectivity index (χ1) is 7.15. The van der Waals surface area contributed by atoms with E-state index in [-0.39, 0.29) is 5.91 Å². The SMILES string of the molecule is Cc1occc1C(=O)NCC(C)CCBr. The van der Waals surface area contributed by atoms with Crippen molar-refractivity contribution in [2.45, 2.75) is 20.3 Å². The number of halogens is 1. The minimum Gasteiger partial charge on any atom is -0.469 e. The topological polar surface area (TPSA) is 42.2 Å². The minimum absolute atomic E-state index is 0.0531. The third-order valence-corrected chi connectivity index (χ3v) is 2.77. The molecule has 1 atom stereocenters. The van der Waals surface area contributed by atoms with Crippen LogP contribution < -0.4 is 5.32 Å². The first-order valence-electron chi connectivity index (χ1n) is 5.03. The molecule has 0 aliphatic rings. The van der Waals surface area contributed by atoms with Crippen LogP contribution in [-0.2, 0) is 0 Å². The third kappa shape index (κ3) is 3.70. The van der Waals surface area contributed by atoms with E-state index >= 15 is 0 Å². The van der Waals surface area contributed by atoms with Gasteiger partial charge in [-0.15, -0.1) is 0 Å². The molecule has 1 aromatic rings. The number of carbonyl (C=O) groups excluding carboxylic acids is 1. The van der Waals surface area contributed by atoms with Crippen molar-refractivity contribution in [1.29, 1.82) is 0 Å². The molecule has 0 aliphatic carbocycles. The Labute approximate surface area is 98.4 Å². The van der Waals surface area contributed by atoms with Gasteiger partial charge in [-0.05, 0) is 25.3 Å². The van der Waals surface area contributed by atoms with Crippen LogP contribution in [0.2, 0.25) is 0 Å². The van der Waals surface area contributed by atoms with Gasteiger partial charge in [0.1, 0.15) is 5.76 Å². The Kier molecular flexibility index (Phi) is 4.88. The molecule has 84 valence electrons. The number of nitrogens with one attached hydrogen (secondary N) is 1. The highest BCUT2D eigenvalue weighted by Crippen LogP contribution is 2.09. The lowest BCUT2D eigenvalue weighted by Crippen LogP contribution is -2.28. The molecule has 0 saturated carbocycles. The van der Waals surface area contributed by atoms with E-state index in [2.05, 4.69) is 28.2 Å². The zero-order chi connectivity index (χ0) is 11.3. The highest BCUT2D eigenvalue weighted by atomic mass is 79.9. The number of carbonyl (C=O) groups is 1. The van der Waals surface area contributed by atoms with Crippen LogP contribution >= 0.6 is 15.9 Å². The van der Waals surface area contributed by atoms with Crippen molar-refractivity contribution in [3.05, 3.63) is 23.7 Å². The maximum absolute atomic E-state index is 11.7. The molecule has 15 heavy (non-hydrogen) atoms. The van der Waals surface area contributed by atoms with Crippen molar-refractivity contribution >= 4 is 21.8 Å². The van der Waals surface area contributed by atoms with E-state index in [0.717, 1.165) is 11.8 Å². The van der Waals surface area contributed by atoms with Crippen LogP contribution in [-0.4, -0.2) is 17.8 Å². The van der Waals surface area contributed by atoms with Crippen LogP contribution in [0.1, 0.15) is 29.5 Å². The quantitative estimate of drug-likeness (QED) is 0.839. The smallest absolute Gasteiger partial charge is 0.254 e. The first-order valence-corrected chi connectivity index (χ1v) is 6.15. The third-order valence-electron chi connectivity index (χ3n) is 2.32. The lowest BCUT2D eigenvalue weighted by molar-refractivity contribution is 0.0946. The van der Waals surface area contributed by atoms with Gasteiger partial charge in [-0.2, -0.15) is 0 Å². The Bertz CT molecular complexity index is 322. The number of aryl methyl sites for hydroxylation is 1. The van der Waals surface area contributed by atoms with Crippen LogP contribution in [0.3, 0.4) is 0 Å². The second-order valence-corrected chi connectivity index (χ2v) is 4.48. The fraction of sp³-hybridized carbons (Fsp3) is 0.545. The van der Waals surface area contributed by atoms with E-state index in [1.54, 1.807) is 13.0 Å². The van der Waals surface area contributed by atoms with Gasteiger partial charge >= 0.3 is 0 Å². The maximum atomic E-state index is 11.7. The molecule has 4 heteroatoms. The summed E-state index contributed by atoms with van der Waals surface area (Å²) >= 11 is 3.38. The van der Waals surface area contributed by atoms with Gasteiger partial charge < -0.3 is 9.73 Å². The fourth-order valence-corrected chi connectivity index (χ4v) is 2.05. The minimum atomic E-state index is -0.0531. The molecule has 3 nitrogen and oxygen atoms in total. The van der Waals surface area contributed by atoms with E-state index in [0.29, 0.717) is 23.8 Å². The Morgan fingerprint density at radius 3 is 2.93 bits per heavy atom. The van der Waals surface area contributed by atoms with Gasteiger partial charge in [0.25, 0.3) is 5.91 Å². The molecule has 1 amide bonds. The molecule has 0 saturated heterocycles. The summed E-state index contributed by atoms with van der Waals surface area (Å²) in [5.41, 5.74) is 0.626. The zero-order valence-electron chi connectivity index (χ0n) is 9.05. The Balaban J connectivity index is 2.40. The van der Waals surface area contributed by atoms with Crippen LogP contribution in [0, 0.1) is 12.8 Å². The average Bonchev–Trinajstić information content (AvgIpc) is 2.61. The van der Waals surface area contributed by atoms with Crippen molar-refractivity contribution in [2.24, 2.45) is 5.92 Å². The predicted molar refractivity (Wildman–Crippen MR) is 63.4 cm³/mol. The molecule has 1 unspecified atom stereocenters. The highest BCUT2D eigenvalue weighted by Gasteiger charge is 2.11. The summed E-state index contributed by atoms with van der Waals surface area (Å²) in [6.07, 6.45) is 2.59. The molecule has 0 spiro atoms. The van der Waals surface area contributed by atoms with Gasteiger partial charge in [0.05, 0.1) is 11.8 Å². The molecule has 1 N–H and O–H groups in total. The van der Waals surface area contributed by atoms with Crippen molar-refractivity contribution in [2.75, 3.05) is 11.9 Å². The molecule has 1 aromatic heterocycles. The molecule has 0 fully saturated rings. The lowest BCUT2D eigenvalue weighted by atomic mass is 10.1. The van der Waals surface area contributed by atoms with Crippen LogP contribution in [0.4, 0.5) is 0 Å². The molecule has 0 aromatic carbocycles. The van der Waals surface area contributed by atoms with Crippen LogP contribution in [0.15, 0.2) is 16.7 Å². The predicted octanol–water partition coefficient (Wildman–Crippen LogP) is 2.74. The standard InChI is InChI=1S/C11H16BrNO2/c1-8(3-5-12)7-13-11(14)10-4-6-15-9(10)2/h4,6,8H,3,5,7H2,1-2H3,(H,13,14). The Morgan fingerprint density at radius 1 is 1.67 bits per heavy atom. The van der Waals surface area contributed by atoms with Gasteiger partial charge in [-0.25, -0.2) is 0 Å².